The summed E-state index contributed by atoms with van der Waals surface area (Å²) in [7, 11) is 3.94. The van der Waals surface area contributed by atoms with Gasteiger partial charge in [0, 0.05) is 25.2 Å². The maximum absolute atomic E-state index is 12.8. The predicted molar refractivity (Wildman–Crippen MR) is 132 cm³/mol. The molecular formula is C26H36N2O3. The molecule has 2 rings (SSSR count). The van der Waals surface area contributed by atoms with E-state index in [4.69, 9.17) is 9.47 Å². The van der Waals surface area contributed by atoms with Gasteiger partial charge in [-0.1, -0.05) is 22.8 Å². The van der Waals surface area contributed by atoms with Gasteiger partial charge in [-0.15, -0.1) is 0 Å². The van der Waals surface area contributed by atoms with Crippen molar-refractivity contribution in [2.24, 2.45) is 0 Å². The quantitative estimate of drug-likeness (QED) is 0.475. The molecule has 0 spiro atoms. The van der Waals surface area contributed by atoms with Crippen molar-refractivity contribution in [2.75, 3.05) is 32.2 Å². The average Bonchev–Trinajstić information content (AvgIpc) is 2.68. The van der Waals surface area contributed by atoms with E-state index >= 15 is 0 Å². The van der Waals surface area contributed by atoms with Gasteiger partial charge in [-0.2, -0.15) is 0 Å². The van der Waals surface area contributed by atoms with Gasteiger partial charge in [-0.05, 0) is 77.8 Å². The molecule has 5 heteroatoms. The fourth-order valence-corrected chi connectivity index (χ4v) is 3.04. The summed E-state index contributed by atoms with van der Waals surface area (Å²) < 4.78 is 11.9. The minimum absolute atomic E-state index is 0.223. The second-order valence-electron chi connectivity index (χ2n) is 8.51. The van der Waals surface area contributed by atoms with Crippen molar-refractivity contribution >= 4 is 16.6 Å². The van der Waals surface area contributed by atoms with E-state index in [9.17, 15) is 4.79 Å². The first kappa shape index (κ1) is 24.3. The number of aromatic amines is 1. The molecule has 1 aromatic carbocycles. The first-order valence-corrected chi connectivity index (χ1v) is 10.7. The zero-order valence-corrected chi connectivity index (χ0v) is 20.0. The molecule has 1 heterocycles. The number of ether oxygens (including phenoxy) is 2. The summed E-state index contributed by atoms with van der Waals surface area (Å²) in [5.74, 6) is 0.706. The molecule has 0 bridgehead atoms. The maximum atomic E-state index is 12.8. The Morgan fingerprint density at radius 1 is 0.935 bits per heavy atom. The second-order valence-corrected chi connectivity index (χ2v) is 8.51. The Hall–Kier alpha value is -2.95. The van der Waals surface area contributed by atoms with Crippen molar-refractivity contribution in [3.05, 3.63) is 63.5 Å². The van der Waals surface area contributed by atoms with Crippen LogP contribution in [-0.4, -0.2) is 32.3 Å². The van der Waals surface area contributed by atoms with Crippen molar-refractivity contribution in [1.82, 2.24) is 4.98 Å². The SMILES string of the molecule is CC(C)=CCC/C(C)=C/COc1c(OCC=C(C)C)c2ccc(N(C)C)cc2[nH]c1=O. The number of benzene rings is 1. The van der Waals surface area contributed by atoms with Crippen molar-refractivity contribution in [1.29, 1.82) is 0 Å². The van der Waals surface area contributed by atoms with Crippen LogP contribution in [0.4, 0.5) is 5.69 Å². The first-order valence-electron chi connectivity index (χ1n) is 10.7. The number of rotatable bonds is 10. The molecule has 0 aliphatic rings. The largest absolute Gasteiger partial charge is 0.485 e. The minimum atomic E-state index is -0.286. The number of fused-ring (bicyclic) bond motifs is 1. The highest BCUT2D eigenvalue weighted by molar-refractivity contribution is 5.89. The molecule has 0 saturated heterocycles. The van der Waals surface area contributed by atoms with Crippen LogP contribution in [0.1, 0.15) is 47.5 Å². The number of hydrogen-bond donors (Lipinski definition) is 1. The van der Waals surface area contributed by atoms with E-state index < -0.39 is 0 Å². The lowest BCUT2D eigenvalue weighted by atomic mass is 10.1. The molecule has 0 amide bonds. The minimum Gasteiger partial charge on any atom is -0.485 e. The molecule has 0 aliphatic heterocycles. The number of anilines is 1. The van der Waals surface area contributed by atoms with Crippen LogP contribution >= 0.6 is 0 Å². The molecule has 5 nitrogen and oxygen atoms in total. The summed E-state index contributed by atoms with van der Waals surface area (Å²) >= 11 is 0. The lowest BCUT2D eigenvalue weighted by Crippen LogP contribution is -2.15. The Morgan fingerprint density at radius 3 is 2.23 bits per heavy atom. The van der Waals surface area contributed by atoms with Crippen LogP contribution < -0.4 is 19.9 Å². The molecule has 31 heavy (non-hydrogen) atoms. The van der Waals surface area contributed by atoms with Crippen LogP contribution in [0, 0.1) is 0 Å². The van der Waals surface area contributed by atoms with Gasteiger partial charge in [-0.3, -0.25) is 4.79 Å². The Balaban J connectivity index is 2.33. The fraction of sp³-hybridized carbons (Fsp3) is 0.423. The van der Waals surface area contributed by atoms with Gasteiger partial charge in [0.15, 0.2) is 5.75 Å². The number of nitrogens with zero attached hydrogens (tertiary/aromatic N) is 1. The summed E-state index contributed by atoms with van der Waals surface area (Å²) in [5.41, 5.74) is 5.15. The molecule has 0 unspecified atom stereocenters. The summed E-state index contributed by atoms with van der Waals surface area (Å²) in [4.78, 5) is 17.8. The van der Waals surface area contributed by atoms with Crippen LogP contribution in [0.25, 0.3) is 10.9 Å². The van der Waals surface area contributed by atoms with Gasteiger partial charge in [0.1, 0.15) is 13.2 Å². The van der Waals surface area contributed by atoms with Crippen LogP contribution in [0.5, 0.6) is 11.5 Å². The third-order valence-electron chi connectivity index (χ3n) is 4.89. The highest BCUT2D eigenvalue weighted by Gasteiger charge is 2.16. The van der Waals surface area contributed by atoms with E-state index in [1.54, 1.807) is 0 Å². The Kier molecular flexibility index (Phi) is 8.98. The summed E-state index contributed by atoms with van der Waals surface area (Å²) in [6.07, 6.45) is 8.21. The average molecular weight is 425 g/mol. The van der Waals surface area contributed by atoms with Crippen molar-refractivity contribution in [3.63, 3.8) is 0 Å². The molecule has 1 aromatic heterocycles. The smallest absolute Gasteiger partial charge is 0.294 e. The summed E-state index contributed by atoms with van der Waals surface area (Å²) in [6, 6.07) is 5.92. The highest BCUT2D eigenvalue weighted by Crippen LogP contribution is 2.33. The van der Waals surface area contributed by atoms with Gasteiger partial charge in [0.25, 0.3) is 5.56 Å². The van der Waals surface area contributed by atoms with Crippen molar-refractivity contribution in [3.8, 4) is 11.5 Å². The molecule has 2 aromatic rings. The lowest BCUT2D eigenvalue weighted by molar-refractivity contribution is 0.306. The molecule has 168 valence electrons. The van der Waals surface area contributed by atoms with Gasteiger partial charge in [0.05, 0.1) is 5.52 Å². The van der Waals surface area contributed by atoms with Gasteiger partial charge >= 0.3 is 0 Å². The molecular weight excluding hydrogens is 388 g/mol. The number of nitrogens with one attached hydrogen (secondary N) is 1. The summed E-state index contributed by atoms with van der Waals surface area (Å²) in [5, 5.41) is 0.826. The number of allylic oxidation sites excluding steroid dienone is 4. The molecule has 0 atom stereocenters. The van der Waals surface area contributed by atoms with Crippen LogP contribution in [-0.2, 0) is 0 Å². The van der Waals surface area contributed by atoms with E-state index in [1.807, 2.05) is 63.2 Å². The fourth-order valence-electron chi connectivity index (χ4n) is 3.04. The van der Waals surface area contributed by atoms with Gasteiger partial charge < -0.3 is 19.4 Å². The molecule has 1 N–H and O–H groups in total. The zero-order valence-electron chi connectivity index (χ0n) is 20.0. The second kappa shape index (κ2) is 11.4. The monoisotopic (exact) mass is 424 g/mol. The Bertz CT molecular complexity index is 1030. The van der Waals surface area contributed by atoms with E-state index in [1.165, 1.54) is 11.1 Å². The molecule has 0 fully saturated rings. The third kappa shape index (κ3) is 7.35. The molecule has 0 aliphatic carbocycles. The normalized spacial score (nSPS) is 11.3. The van der Waals surface area contributed by atoms with E-state index in [0.717, 1.165) is 35.0 Å². The van der Waals surface area contributed by atoms with E-state index in [-0.39, 0.29) is 11.3 Å². The topological polar surface area (TPSA) is 54.6 Å². The lowest BCUT2D eigenvalue weighted by Gasteiger charge is -2.16. The van der Waals surface area contributed by atoms with Crippen molar-refractivity contribution < 1.29 is 9.47 Å². The highest BCUT2D eigenvalue weighted by atomic mass is 16.5. The van der Waals surface area contributed by atoms with Crippen molar-refractivity contribution in [2.45, 2.75) is 47.5 Å². The Morgan fingerprint density at radius 2 is 1.58 bits per heavy atom. The standard InChI is InChI=1S/C26H36N2O3/c1-18(2)9-8-10-20(5)14-16-31-25-24(30-15-13-19(3)4)22-12-11-21(28(6)7)17-23(22)27-26(25)29/h9,11-14,17H,8,10,15-16H2,1-7H3,(H,27,29)/b20-14+. The van der Waals surface area contributed by atoms with Crippen LogP contribution in [0.3, 0.4) is 0 Å². The van der Waals surface area contributed by atoms with E-state index in [0.29, 0.717) is 19.0 Å². The molecule has 0 saturated carbocycles. The van der Waals surface area contributed by atoms with E-state index in [2.05, 4.69) is 31.8 Å². The number of pyridine rings is 1. The Labute approximate surface area is 186 Å². The van der Waals surface area contributed by atoms with Gasteiger partial charge in [-0.25, -0.2) is 0 Å². The predicted octanol–water partition coefficient (Wildman–Crippen LogP) is 6.01. The number of aromatic nitrogens is 1. The molecule has 0 radical (unpaired) electrons. The third-order valence-corrected chi connectivity index (χ3v) is 4.89. The van der Waals surface area contributed by atoms with Crippen LogP contribution in [0.15, 0.2) is 57.9 Å². The maximum Gasteiger partial charge on any atom is 0.294 e. The zero-order chi connectivity index (χ0) is 23.0. The number of hydrogen-bond acceptors (Lipinski definition) is 4. The van der Waals surface area contributed by atoms with Crippen LogP contribution in [0.2, 0.25) is 0 Å². The number of H-pyrrole nitrogens is 1. The first-order chi connectivity index (χ1) is 14.7. The van der Waals surface area contributed by atoms with Gasteiger partial charge in [0.2, 0.25) is 5.75 Å². The summed E-state index contributed by atoms with van der Waals surface area (Å²) in [6.45, 7) is 11.0.